The third-order valence-corrected chi connectivity index (χ3v) is 3.37. The van der Waals surface area contributed by atoms with Gasteiger partial charge in [0.05, 0.1) is 19.1 Å². The van der Waals surface area contributed by atoms with Crippen molar-refractivity contribution in [1.82, 2.24) is 10.6 Å². The number of urea groups is 1. The number of aliphatic carboxylic acids is 1. The Morgan fingerprint density at radius 1 is 1.32 bits per heavy atom. The van der Waals surface area contributed by atoms with Crippen molar-refractivity contribution < 1.29 is 19.4 Å². The van der Waals surface area contributed by atoms with Crippen molar-refractivity contribution in [2.75, 3.05) is 13.7 Å². The fraction of sp³-hybridized carbons (Fsp3) is 0.846. The molecule has 0 aliphatic heterocycles. The van der Waals surface area contributed by atoms with Gasteiger partial charge in [-0.3, -0.25) is 4.79 Å². The lowest BCUT2D eigenvalue weighted by molar-refractivity contribution is -0.137. The molecule has 2 atom stereocenters. The zero-order valence-corrected chi connectivity index (χ0v) is 11.8. The number of amides is 2. The number of carbonyl (C=O) groups is 2. The zero-order valence-electron chi connectivity index (χ0n) is 11.8. The quantitative estimate of drug-likeness (QED) is 0.620. The lowest BCUT2D eigenvalue weighted by Gasteiger charge is -2.24. The maximum absolute atomic E-state index is 11.9. The van der Waals surface area contributed by atoms with Crippen molar-refractivity contribution in [3.05, 3.63) is 0 Å². The lowest BCUT2D eigenvalue weighted by atomic mass is 10.1. The Kier molecular flexibility index (Phi) is 6.08. The van der Waals surface area contributed by atoms with Crippen molar-refractivity contribution in [2.24, 2.45) is 11.8 Å². The SMILES string of the molecule is COCC(NC(=O)NC(CC(=O)O)C1CC1)C(C)C. The molecule has 0 heterocycles. The average Bonchev–Trinajstić information content (AvgIpc) is 3.10. The van der Waals surface area contributed by atoms with E-state index in [1.807, 2.05) is 13.8 Å². The monoisotopic (exact) mass is 272 g/mol. The fourth-order valence-electron chi connectivity index (χ4n) is 1.98. The molecule has 1 saturated carbocycles. The molecule has 0 aromatic heterocycles. The maximum atomic E-state index is 11.9. The summed E-state index contributed by atoms with van der Waals surface area (Å²) in [6, 6.07) is -0.656. The van der Waals surface area contributed by atoms with Gasteiger partial charge in [0.25, 0.3) is 0 Å². The smallest absolute Gasteiger partial charge is 0.315 e. The number of hydrogen-bond donors (Lipinski definition) is 3. The van der Waals surface area contributed by atoms with Gasteiger partial charge in [-0.2, -0.15) is 0 Å². The maximum Gasteiger partial charge on any atom is 0.315 e. The number of rotatable bonds is 8. The van der Waals surface area contributed by atoms with Crippen LogP contribution >= 0.6 is 0 Å². The van der Waals surface area contributed by atoms with Crippen molar-refractivity contribution in [3.63, 3.8) is 0 Å². The van der Waals surface area contributed by atoms with Gasteiger partial charge in [0, 0.05) is 13.2 Å². The molecule has 0 aromatic rings. The molecule has 1 rings (SSSR count). The topological polar surface area (TPSA) is 87.7 Å². The highest BCUT2D eigenvalue weighted by molar-refractivity contribution is 5.76. The van der Waals surface area contributed by atoms with Gasteiger partial charge in [0.2, 0.25) is 0 Å². The second-order valence-corrected chi connectivity index (χ2v) is 5.47. The molecule has 0 saturated heterocycles. The van der Waals surface area contributed by atoms with Crippen molar-refractivity contribution in [1.29, 1.82) is 0 Å². The van der Waals surface area contributed by atoms with Crippen molar-refractivity contribution >= 4 is 12.0 Å². The molecule has 1 aliphatic carbocycles. The summed E-state index contributed by atoms with van der Waals surface area (Å²) in [6.07, 6.45) is 1.96. The summed E-state index contributed by atoms with van der Waals surface area (Å²) in [6.45, 7) is 4.44. The molecule has 0 spiro atoms. The van der Waals surface area contributed by atoms with Gasteiger partial charge < -0.3 is 20.5 Å². The van der Waals surface area contributed by atoms with E-state index < -0.39 is 5.97 Å². The summed E-state index contributed by atoms with van der Waals surface area (Å²) in [4.78, 5) is 22.7. The molecule has 0 bridgehead atoms. The van der Waals surface area contributed by atoms with E-state index in [-0.39, 0.29) is 30.5 Å². The first-order chi connectivity index (χ1) is 8.93. The van der Waals surface area contributed by atoms with Crippen LogP contribution in [0.1, 0.15) is 33.1 Å². The number of carbonyl (C=O) groups excluding carboxylic acids is 1. The predicted octanol–water partition coefficient (Wildman–Crippen LogP) is 1.21. The Bertz CT molecular complexity index is 316. The molecule has 6 heteroatoms. The Morgan fingerprint density at radius 3 is 2.37 bits per heavy atom. The molecule has 19 heavy (non-hydrogen) atoms. The second-order valence-electron chi connectivity index (χ2n) is 5.47. The Morgan fingerprint density at radius 2 is 1.95 bits per heavy atom. The third-order valence-electron chi connectivity index (χ3n) is 3.37. The highest BCUT2D eigenvalue weighted by atomic mass is 16.5. The number of methoxy groups -OCH3 is 1. The highest BCUT2D eigenvalue weighted by Gasteiger charge is 2.34. The van der Waals surface area contributed by atoms with E-state index in [0.717, 1.165) is 12.8 Å². The van der Waals surface area contributed by atoms with E-state index in [4.69, 9.17) is 9.84 Å². The second kappa shape index (κ2) is 7.33. The molecule has 1 fully saturated rings. The van der Waals surface area contributed by atoms with Crippen LogP contribution in [-0.2, 0) is 9.53 Å². The normalized spacial score (nSPS) is 17.9. The number of nitrogens with one attached hydrogen (secondary N) is 2. The number of carboxylic acid groups (broad SMARTS) is 1. The van der Waals surface area contributed by atoms with Crippen molar-refractivity contribution in [3.8, 4) is 0 Å². The van der Waals surface area contributed by atoms with Crippen LogP contribution in [0.3, 0.4) is 0 Å². The molecule has 2 unspecified atom stereocenters. The first-order valence-electron chi connectivity index (χ1n) is 6.71. The molecule has 110 valence electrons. The number of ether oxygens (including phenoxy) is 1. The molecular formula is C13H24N2O4. The van der Waals surface area contributed by atoms with Crippen LogP contribution in [0.2, 0.25) is 0 Å². The number of hydrogen-bond acceptors (Lipinski definition) is 3. The van der Waals surface area contributed by atoms with Crippen LogP contribution in [-0.4, -0.2) is 42.9 Å². The minimum absolute atomic E-state index is 0.0191. The molecule has 3 N–H and O–H groups in total. The van der Waals surface area contributed by atoms with Gasteiger partial charge in [-0.1, -0.05) is 13.8 Å². The summed E-state index contributed by atoms with van der Waals surface area (Å²) in [7, 11) is 1.59. The molecule has 6 nitrogen and oxygen atoms in total. The molecule has 2 amide bonds. The van der Waals surface area contributed by atoms with E-state index in [2.05, 4.69) is 10.6 Å². The minimum Gasteiger partial charge on any atom is -0.481 e. The summed E-state index contributed by atoms with van der Waals surface area (Å²) in [5, 5.41) is 14.4. The van der Waals surface area contributed by atoms with Crippen molar-refractivity contribution in [2.45, 2.75) is 45.2 Å². The van der Waals surface area contributed by atoms with Gasteiger partial charge >= 0.3 is 12.0 Å². The van der Waals surface area contributed by atoms with Crippen LogP contribution in [0.4, 0.5) is 4.79 Å². The third kappa shape index (κ3) is 5.92. The van der Waals surface area contributed by atoms with E-state index >= 15 is 0 Å². The first-order valence-corrected chi connectivity index (χ1v) is 6.71. The largest absolute Gasteiger partial charge is 0.481 e. The lowest BCUT2D eigenvalue weighted by Crippen LogP contribution is -2.50. The van der Waals surface area contributed by atoms with Crippen LogP contribution in [0, 0.1) is 11.8 Å². The summed E-state index contributed by atoms with van der Waals surface area (Å²) >= 11 is 0. The fourth-order valence-corrected chi connectivity index (χ4v) is 1.98. The predicted molar refractivity (Wildman–Crippen MR) is 70.9 cm³/mol. The summed E-state index contributed by atoms with van der Waals surface area (Å²) < 4.78 is 5.06. The highest BCUT2D eigenvalue weighted by Crippen LogP contribution is 2.33. The number of carboxylic acids is 1. The van der Waals surface area contributed by atoms with Crippen LogP contribution < -0.4 is 10.6 Å². The van der Waals surface area contributed by atoms with Gasteiger partial charge in [-0.25, -0.2) is 4.79 Å². The van der Waals surface area contributed by atoms with Crippen LogP contribution in [0.15, 0.2) is 0 Å². The molecule has 1 aliphatic rings. The van der Waals surface area contributed by atoms with Crippen LogP contribution in [0.25, 0.3) is 0 Å². The Hall–Kier alpha value is -1.30. The van der Waals surface area contributed by atoms with Gasteiger partial charge in [-0.15, -0.1) is 0 Å². The Balaban J connectivity index is 2.44. The van der Waals surface area contributed by atoms with Gasteiger partial charge in [-0.05, 0) is 24.7 Å². The first kappa shape index (κ1) is 15.8. The van der Waals surface area contributed by atoms with Gasteiger partial charge in [0.1, 0.15) is 0 Å². The Labute approximate surface area is 113 Å². The van der Waals surface area contributed by atoms with E-state index in [0.29, 0.717) is 12.5 Å². The zero-order chi connectivity index (χ0) is 14.4. The van der Waals surface area contributed by atoms with E-state index in [1.165, 1.54) is 0 Å². The van der Waals surface area contributed by atoms with E-state index in [1.54, 1.807) is 7.11 Å². The standard InChI is InChI=1S/C13H24N2O4/c1-8(2)11(7-19-3)15-13(18)14-10(6-12(16)17)9-4-5-9/h8-11H,4-7H2,1-3H3,(H,16,17)(H2,14,15,18). The molecule has 0 radical (unpaired) electrons. The summed E-state index contributed by atoms with van der Waals surface area (Å²) in [5.74, 6) is -0.319. The van der Waals surface area contributed by atoms with Gasteiger partial charge in [0.15, 0.2) is 0 Å². The minimum atomic E-state index is -0.880. The van der Waals surface area contributed by atoms with E-state index in [9.17, 15) is 9.59 Å². The summed E-state index contributed by atoms with van der Waals surface area (Å²) in [5.41, 5.74) is 0. The van der Waals surface area contributed by atoms with Crippen LogP contribution in [0.5, 0.6) is 0 Å². The average molecular weight is 272 g/mol. The molecular weight excluding hydrogens is 248 g/mol. The molecule has 0 aromatic carbocycles.